The molecule has 0 N–H and O–H groups in total. The van der Waals surface area contributed by atoms with E-state index in [4.69, 9.17) is 0 Å². The Morgan fingerprint density at radius 2 is 1.80 bits per heavy atom. The summed E-state index contributed by atoms with van der Waals surface area (Å²) < 4.78 is 8.33. The van der Waals surface area contributed by atoms with E-state index in [0.717, 1.165) is 7.11 Å². The molecule has 0 heterocycles. The van der Waals surface area contributed by atoms with Gasteiger partial charge in [-0.15, -0.1) is 0 Å². The fourth-order valence-electron chi connectivity index (χ4n) is 0.273. The first-order chi connectivity index (χ1) is 4.22. The standard InChI is InChI=1S/C5H8O4.Al/c1-3-9-5(7)4(6)8-2;/h3H2,1-2H3;. The van der Waals surface area contributed by atoms with Gasteiger partial charge < -0.3 is 9.47 Å². The van der Waals surface area contributed by atoms with Crippen molar-refractivity contribution in [2.75, 3.05) is 13.7 Å². The van der Waals surface area contributed by atoms with Gasteiger partial charge in [0, 0.05) is 17.4 Å². The lowest BCUT2D eigenvalue weighted by molar-refractivity contribution is -0.165. The van der Waals surface area contributed by atoms with Crippen molar-refractivity contribution in [1.29, 1.82) is 0 Å². The minimum absolute atomic E-state index is 0. The summed E-state index contributed by atoms with van der Waals surface area (Å²) in [6.07, 6.45) is 0. The van der Waals surface area contributed by atoms with E-state index in [9.17, 15) is 9.59 Å². The van der Waals surface area contributed by atoms with Crippen molar-refractivity contribution in [1.82, 2.24) is 0 Å². The van der Waals surface area contributed by atoms with Crippen LogP contribution in [0.15, 0.2) is 0 Å². The highest BCUT2D eigenvalue weighted by Crippen LogP contribution is 1.79. The Morgan fingerprint density at radius 3 is 2.10 bits per heavy atom. The van der Waals surface area contributed by atoms with Crippen LogP contribution in [0.4, 0.5) is 0 Å². The number of hydrogen-bond donors (Lipinski definition) is 0. The van der Waals surface area contributed by atoms with Gasteiger partial charge in [0.1, 0.15) is 0 Å². The highest BCUT2D eigenvalue weighted by Gasteiger charge is 2.13. The first kappa shape index (κ1) is 12.2. The van der Waals surface area contributed by atoms with Crippen LogP contribution < -0.4 is 0 Å². The molecular formula is C5H8AlO4. The lowest BCUT2D eigenvalue weighted by Gasteiger charge is -1.96. The number of carbonyl (C=O) groups excluding carboxylic acids is 2. The van der Waals surface area contributed by atoms with Gasteiger partial charge in [0.25, 0.3) is 0 Å². The van der Waals surface area contributed by atoms with E-state index in [0.29, 0.717) is 0 Å². The highest BCUT2D eigenvalue weighted by molar-refractivity contribution is 6.29. The maximum atomic E-state index is 10.3. The Labute approximate surface area is 69.6 Å². The predicted octanol–water partition coefficient (Wildman–Crippen LogP) is -0.658. The van der Waals surface area contributed by atoms with Crippen molar-refractivity contribution in [3.05, 3.63) is 0 Å². The number of hydrogen-bond acceptors (Lipinski definition) is 4. The predicted molar refractivity (Wildman–Crippen MR) is 34.4 cm³/mol. The molecule has 3 radical (unpaired) electrons. The average Bonchev–Trinajstić information content (AvgIpc) is 1.87. The minimum atomic E-state index is -0.961. The van der Waals surface area contributed by atoms with Crippen LogP contribution in [0, 0.1) is 0 Å². The largest absolute Gasteiger partial charge is 0.461 e. The van der Waals surface area contributed by atoms with E-state index in [2.05, 4.69) is 9.47 Å². The van der Waals surface area contributed by atoms with Gasteiger partial charge in [0.15, 0.2) is 0 Å². The third kappa shape index (κ3) is 4.36. The normalized spacial score (nSPS) is 7.40. The van der Waals surface area contributed by atoms with E-state index < -0.39 is 11.9 Å². The van der Waals surface area contributed by atoms with Gasteiger partial charge in [0.2, 0.25) is 0 Å². The van der Waals surface area contributed by atoms with E-state index in [-0.39, 0.29) is 24.0 Å². The van der Waals surface area contributed by atoms with Crippen molar-refractivity contribution in [3.63, 3.8) is 0 Å². The van der Waals surface area contributed by atoms with Crippen molar-refractivity contribution in [3.8, 4) is 0 Å². The molecule has 0 aliphatic carbocycles. The summed E-state index contributed by atoms with van der Waals surface area (Å²) in [6, 6.07) is 0. The summed E-state index contributed by atoms with van der Waals surface area (Å²) in [7, 11) is 1.12. The van der Waals surface area contributed by atoms with Crippen LogP contribution in [0.3, 0.4) is 0 Å². The molecule has 0 saturated carbocycles. The maximum Gasteiger partial charge on any atom is 0.417 e. The quantitative estimate of drug-likeness (QED) is 0.289. The molecule has 55 valence electrons. The average molecular weight is 159 g/mol. The van der Waals surface area contributed by atoms with Gasteiger partial charge in [-0.05, 0) is 6.92 Å². The summed E-state index contributed by atoms with van der Waals surface area (Å²) in [5, 5.41) is 0. The van der Waals surface area contributed by atoms with Gasteiger partial charge >= 0.3 is 11.9 Å². The number of esters is 2. The summed E-state index contributed by atoms with van der Waals surface area (Å²) in [4.78, 5) is 20.5. The van der Waals surface area contributed by atoms with Crippen molar-refractivity contribution < 1.29 is 19.1 Å². The topological polar surface area (TPSA) is 52.6 Å². The van der Waals surface area contributed by atoms with Gasteiger partial charge in [-0.1, -0.05) is 0 Å². The number of ether oxygens (including phenoxy) is 2. The number of methoxy groups -OCH3 is 1. The number of carbonyl (C=O) groups is 2. The van der Waals surface area contributed by atoms with Crippen LogP contribution in [0.2, 0.25) is 0 Å². The van der Waals surface area contributed by atoms with Gasteiger partial charge in [-0.25, -0.2) is 9.59 Å². The fraction of sp³-hybridized carbons (Fsp3) is 0.600. The minimum Gasteiger partial charge on any atom is -0.461 e. The zero-order valence-electron chi connectivity index (χ0n) is 5.92. The van der Waals surface area contributed by atoms with Crippen molar-refractivity contribution >= 4 is 29.3 Å². The molecule has 0 saturated heterocycles. The van der Waals surface area contributed by atoms with Gasteiger partial charge in [-0.3, -0.25) is 0 Å². The summed E-state index contributed by atoms with van der Waals surface area (Å²) in [6.45, 7) is 1.80. The smallest absolute Gasteiger partial charge is 0.417 e. The molecule has 0 amide bonds. The van der Waals surface area contributed by atoms with Crippen LogP contribution in [0.25, 0.3) is 0 Å². The molecule has 0 rings (SSSR count). The second-order valence-corrected chi connectivity index (χ2v) is 1.21. The Kier molecular flexibility index (Phi) is 8.03. The van der Waals surface area contributed by atoms with Crippen LogP contribution >= 0.6 is 0 Å². The van der Waals surface area contributed by atoms with Crippen LogP contribution in [0.1, 0.15) is 6.92 Å². The van der Waals surface area contributed by atoms with Crippen molar-refractivity contribution in [2.24, 2.45) is 0 Å². The molecule has 0 aromatic carbocycles. The zero-order chi connectivity index (χ0) is 7.28. The Morgan fingerprint density at radius 1 is 1.30 bits per heavy atom. The molecule has 0 fully saturated rings. The monoisotopic (exact) mass is 159 g/mol. The summed E-state index contributed by atoms with van der Waals surface area (Å²) in [5.74, 6) is -1.91. The van der Waals surface area contributed by atoms with Gasteiger partial charge in [0.05, 0.1) is 13.7 Å². The second kappa shape index (κ2) is 6.59. The summed E-state index contributed by atoms with van der Waals surface area (Å²) in [5.41, 5.74) is 0. The lowest BCUT2D eigenvalue weighted by atomic mass is 10.7. The first-order valence-electron chi connectivity index (χ1n) is 2.47. The molecule has 5 heteroatoms. The Hall–Kier alpha value is -0.528. The Balaban J connectivity index is 0. The third-order valence-corrected chi connectivity index (χ3v) is 0.627. The molecule has 0 bridgehead atoms. The van der Waals surface area contributed by atoms with E-state index in [1.54, 1.807) is 6.92 Å². The van der Waals surface area contributed by atoms with E-state index >= 15 is 0 Å². The van der Waals surface area contributed by atoms with E-state index in [1.807, 2.05) is 0 Å². The molecular weight excluding hydrogens is 151 g/mol. The van der Waals surface area contributed by atoms with Crippen LogP contribution in [-0.4, -0.2) is 43.0 Å². The molecule has 0 aromatic rings. The summed E-state index contributed by atoms with van der Waals surface area (Å²) >= 11 is 0. The number of rotatable bonds is 1. The molecule has 0 unspecified atom stereocenters. The third-order valence-electron chi connectivity index (χ3n) is 0.627. The molecule has 0 aromatic heterocycles. The molecule has 10 heavy (non-hydrogen) atoms. The lowest BCUT2D eigenvalue weighted by Crippen LogP contribution is -2.18. The van der Waals surface area contributed by atoms with Crippen LogP contribution in [-0.2, 0) is 19.1 Å². The fourth-order valence-corrected chi connectivity index (χ4v) is 0.273. The van der Waals surface area contributed by atoms with E-state index in [1.165, 1.54) is 0 Å². The van der Waals surface area contributed by atoms with Crippen LogP contribution in [0.5, 0.6) is 0 Å². The Bertz CT molecular complexity index is 123. The maximum absolute atomic E-state index is 10.3. The molecule has 0 aliphatic rings. The van der Waals surface area contributed by atoms with Crippen molar-refractivity contribution in [2.45, 2.75) is 6.92 Å². The second-order valence-electron chi connectivity index (χ2n) is 1.21. The zero-order valence-corrected chi connectivity index (χ0v) is 7.07. The molecule has 0 atom stereocenters. The molecule has 0 aliphatic heterocycles. The molecule has 0 spiro atoms. The molecule has 4 nitrogen and oxygen atoms in total. The highest BCUT2D eigenvalue weighted by atomic mass is 27.0. The SMILES string of the molecule is CCOC(=O)C(=O)OC.[Al]. The van der Waals surface area contributed by atoms with Gasteiger partial charge in [-0.2, -0.15) is 0 Å². The first-order valence-corrected chi connectivity index (χ1v) is 2.47.